The van der Waals surface area contributed by atoms with Gasteiger partial charge in [0.25, 0.3) is 11.8 Å². The molecule has 3 rings (SSSR count). The van der Waals surface area contributed by atoms with Crippen LogP contribution < -0.4 is 0 Å². The number of hydrogen-bond acceptors (Lipinski definition) is 3. The summed E-state index contributed by atoms with van der Waals surface area (Å²) in [5, 5.41) is 0. The van der Waals surface area contributed by atoms with Gasteiger partial charge in [-0.1, -0.05) is 36.8 Å². The van der Waals surface area contributed by atoms with Gasteiger partial charge in [-0.15, -0.1) is 6.58 Å². The Labute approximate surface area is 149 Å². The first-order chi connectivity index (χ1) is 11.9. The van der Waals surface area contributed by atoms with E-state index in [0.29, 0.717) is 17.2 Å². The number of nitrogens with zero attached hydrogens (tertiary/aromatic N) is 2. The quantitative estimate of drug-likeness (QED) is 0.625. The minimum atomic E-state index is -0.204. The molecule has 0 N–H and O–H groups in total. The van der Waals surface area contributed by atoms with Crippen LogP contribution in [0.3, 0.4) is 0 Å². The third-order valence-electron chi connectivity index (χ3n) is 5.08. The molecule has 0 saturated carbocycles. The van der Waals surface area contributed by atoms with Crippen molar-refractivity contribution in [1.82, 2.24) is 9.80 Å². The minimum absolute atomic E-state index is 0.186. The maximum atomic E-state index is 13.1. The average molecular weight is 338 g/mol. The van der Waals surface area contributed by atoms with E-state index in [0.717, 1.165) is 36.2 Å². The maximum Gasteiger partial charge on any atom is 0.278 e. The summed E-state index contributed by atoms with van der Waals surface area (Å²) in [5.41, 5.74) is 4.17. The zero-order chi connectivity index (χ0) is 18.1. The third kappa shape index (κ3) is 3.13. The molecule has 1 unspecified atom stereocenters. The van der Waals surface area contributed by atoms with Crippen molar-refractivity contribution in [3.8, 4) is 0 Å². The minimum Gasteiger partial charge on any atom is -0.366 e. The summed E-state index contributed by atoms with van der Waals surface area (Å²) in [4.78, 5) is 29.5. The van der Waals surface area contributed by atoms with Crippen molar-refractivity contribution in [2.75, 3.05) is 19.6 Å². The predicted molar refractivity (Wildman–Crippen MR) is 99.7 cm³/mol. The molecule has 1 fully saturated rings. The van der Waals surface area contributed by atoms with Gasteiger partial charge < -0.3 is 4.90 Å². The smallest absolute Gasteiger partial charge is 0.278 e. The van der Waals surface area contributed by atoms with Crippen LogP contribution in [-0.2, 0) is 9.59 Å². The fraction of sp³-hybridized carbons (Fsp3) is 0.429. The van der Waals surface area contributed by atoms with Gasteiger partial charge in [0.05, 0.1) is 5.57 Å². The second-order valence-electron chi connectivity index (χ2n) is 7.24. The van der Waals surface area contributed by atoms with Gasteiger partial charge in [0.15, 0.2) is 0 Å². The molecule has 2 heterocycles. The number of imide groups is 1. The van der Waals surface area contributed by atoms with E-state index in [1.165, 1.54) is 11.3 Å². The van der Waals surface area contributed by atoms with Crippen LogP contribution in [0.2, 0.25) is 0 Å². The molecule has 2 aliphatic rings. The van der Waals surface area contributed by atoms with Crippen molar-refractivity contribution in [2.45, 2.75) is 33.6 Å². The van der Waals surface area contributed by atoms with E-state index >= 15 is 0 Å². The molecular formula is C21H26N2O2. The van der Waals surface area contributed by atoms with E-state index in [9.17, 15) is 9.59 Å². The molecule has 25 heavy (non-hydrogen) atoms. The summed E-state index contributed by atoms with van der Waals surface area (Å²) >= 11 is 0. The molecule has 4 nitrogen and oxygen atoms in total. The highest BCUT2D eigenvalue weighted by Crippen LogP contribution is 2.35. The van der Waals surface area contributed by atoms with E-state index in [-0.39, 0.29) is 18.4 Å². The number of benzene rings is 1. The molecule has 1 aromatic carbocycles. The van der Waals surface area contributed by atoms with Crippen LogP contribution >= 0.6 is 0 Å². The topological polar surface area (TPSA) is 40.6 Å². The van der Waals surface area contributed by atoms with Crippen LogP contribution in [0.15, 0.2) is 36.6 Å². The van der Waals surface area contributed by atoms with Crippen LogP contribution in [0.5, 0.6) is 0 Å². The molecule has 4 heteroatoms. The largest absolute Gasteiger partial charge is 0.366 e. The summed E-state index contributed by atoms with van der Waals surface area (Å²) < 4.78 is 0. The monoisotopic (exact) mass is 338 g/mol. The van der Waals surface area contributed by atoms with Crippen molar-refractivity contribution in [1.29, 1.82) is 0 Å². The summed E-state index contributed by atoms with van der Waals surface area (Å²) in [6.45, 7) is 11.8. The lowest BCUT2D eigenvalue weighted by Gasteiger charge is -2.33. The molecule has 2 aliphatic heterocycles. The summed E-state index contributed by atoms with van der Waals surface area (Å²) in [7, 11) is 0. The van der Waals surface area contributed by atoms with Gasteiger partial charge >= 0.3 is 0 Å². The van der Waals surface area contributed by atoms with E-state index in [1.807, 2.05) is 26.0 Å². The number of amides is 2. The number of rotatable bonds is 4. The lowest BCUT2D eigenvalue weighted by Crippen LogP contribution is -2.39. The SMILES string of the molecule is C=CCN1C(=O)C(c2ccc(C)cc2C)=C(N2CCCC(C)C2)C1=O. The molecule has 1 saturated heterocycles. The molecule has 0 aromatic heterocycles. The molecule has 2 amide bonds. The zero-order valence-corrected chi connectivity index (χ0v) is 15.3. The third-order valence-corrected chi connectivity index (χ3v) is 5.08. The molecule has 0 aliphatic carbocycles. The number of aryl methyl sites for hydroxylation is 2. The van der Waals surface area contributed by atoms with Crippen molar-refractivity contribution >= 4 is 17.4 Å². The number of piperidine rings is 1. The Morgan fingerprint density at radius 2 is 2.00 bits per heavy atom. The Hall–Kier alpha value is -2.36. The summed E-state index contributed by atoms with van der Waals surface area (Å²) in [6.07, 6.45) is 3.83. The van der Waals surface area contributed by atoms with Crippen molar-refractivity contribution < 1.29 is 9.59 Å². The number of likely N-dealkylation sites (tertiary alicyclic amines) is 1. The Bertz CT molecular complexity index is 763. The zero-order valence-electron chi connectivity index (χ0n) is 15.3. The summed E-state index contributed by atoms with van der Waals surface area (Å²) in [5.74, 6) is 0.136. The fourth-order valence-electron chi connectivity index (χ4n) is 3.88. The Balaban J connectivity index is 2.13. The molecule has 0 radical (unpaired) electrons. The van der Waals surface area contributed by atoms with Crippen molar-refractivity contribution in [3.05, 3.63) is 53.2 Å². The van der Waals surface area contributed by atoms with E-state index in [1.54, 1.807) is 6.08 Å². The highest BCUT2D eigenvalue weighted by Gasteiger charge is 2.42. The first kappa shape index (κ1) is 17.5. The van der Waals surface area contributed by atoms with Gasteiger partial charge in [0.1, 0.15) is 5.70 Å². The van der Waals surface area contributed by atoms with Crippen LogP contribution in [0.4, 0.5) is 0 Å². The van der Waals surface area contributed by atoms with Gasteiger partial charge in [-0.05, 0) is 43.7 Å². The highest BCUT2D eigenvalue weighted by molar-refractivity contribution is 6.35. The molecule has 132 valence electrons. The van der Waals surface area contributed by atoms with Gasteiger partial charge in [-0.2, -0.15) is 0 Å². The second kappa shape index (κ2) is 6.87. The van der Waals surface area contributed by atoms with Gasteiger partial charge in [0.2, 0.25) is 0 Å². The first-order valence-corrected chi connectivity index (χ1v) is 8.98. The lowest BCUT2D eigenvalue weighted by atomic mass is 9.95. The number of carbonyl (C=O) groups excluding carboxylic acids is 2. The Morgan fingerprint density at radius 3 is 2.64 bits per heavy atom. The lowest BCUT2D eigenvalue weighted by molar-refractivity contribution is -0.137. The fourth-order valence-corrected chi connectivity index (χ4v) is 3.88. The van der Waals surface area contributed by atoms with Gasteiger partial charge in [0, 0.05) is 19.6 Å². The normalized spacial score (nSPS) is 21.3. The summed E-state index contributed by atoms with van der Waals surface area (Å²) in [6, 6.07) is 6.03. The van der Waals surface area contributed by atoms with Gasteiger partial charge in [-0.25, -0.2) is 0 Å². The average Bonchev–Trinajstić information content (AvgIpc) is 2.80. The molecule has 0 spiro atoms. The van der Waals surface area contributed by atoms with E-state index < -0.39 is 0 Å². The molecule has 1 atom stereocenters. The molecule has 1 aromatic rings. The van der Waals surface area contributed by atoms with Crippen LogP contribution in [0.25, 0.3) is 5.57 Å². The second-order valence-corrected chi connectivity index (χ2v) is 7.24. The van der Waals surface area contributed by atoms with Crippen LogP contribution in [0, 0.1) is 19.8 Å². The number of carbonyl (C=O) groups is 2. The molecular weight excluding hydrogens is 312 g/mol. The van der Waals surface area contributed by atoms with Gasteiger partial charge in [-0.3, -0.25) is 14.5 Å². The maximum absolute atomic E-state index is 13.1. The highest BCUT2D eigenvalue weighted by atomic mass is 16.2. The van der Waals surface area contributed by atoms with Crippen LogP contribution in [0.1, 0.15) is 36.5 Å². The number of hydrogen-bond donors (Lipinski definition) is 0. The molecule has 0 bridgehead atoms. The predicted octanol–water partition coefficient (Wildman–Crippen LogP) is 3.30. The van der Waals surface area contributed by atoms with E-state index in [4.69, 9.17) is 0 Å². The standard InChI is InChI=1S/C21H26N2O2/c1-5-10-23-20(24)18(17-9-8-14(2)12-16(17)4)19(21(23)25)22-11-6-7-15(3)13-22/h5,8-9,12,15H,1,6-7,10-11,13H2,2-4H3. The first-order valence-electron chi connectivity index (χ1n) is 8.98. The Kier molecular flexibility index (Phi) is 4.80. The van der Waals surface area contributed by atoms with Crippen molar-refractivity contribution in [2.24, 2.45) is 5.92 Å². The Morgan fingerprint density at radius 1 is 1.24 bits per heavy atom. The van der Waals surface area contributed by atoms with Crippen molar-refractivity contribution in [3.63, 3.8) is 0 Å². The van der Waals surface area contributed by atoms with E-state index in [2.05, 4.69) is 24.5 Å². The van der Waals surface area contributed by atoms with Crippen LogP contribution in [-0.4, -0.2) is 41.2 Å².